The molecule has 5 aromatic carbocycles. The largest absolute Gasteiger partial charge is 0.269 e. The molecule has 0 amide bonds. The van der Waals surface area contributed by atoms with Gasteiger partial charge in [-0.05, 0) is 36.4 Å². The number of rotatable bonds is 6. The molecule has 0 unspecified atom stereocenters. The monoisotopic (exact) mass is 576 g/mol. The van der Waals surface area contributed by atoms with Crippen LogP contribution in [-0.4, -0.2) is 29.8 Å². The summed E-state index contributed by atoms with van der Waals surface area (Å²) >= 11 is 0. The van der Waals surface area contributed by atoms with Crippen LogP contribution in [0.25, 0.3) is 67.1 Å². The van der Waals surface area contributed by atoms with Crippen molar-refractivity contribution >= 4 is 33.2 Å². The smallest absolute Gasteiger partial charge is 0.258 e. The number of fused-ring (bicyclic) bond motifs is 2. The SMILES string of the molecule is O=[N+]([O-])c1ccc(-c2nc(-c3ccc(-c4nc(-c5ccc([N+](=O)[O-])cc5)nc5ccccc45)cc3)c3ccccc3n2)cc1. The first-order valence-electron chi connectivity index (χ1n) is 13.6. The lowest BCUT2D eigenvalue weighted by Gasteiger charge is -2.12. The van der Waals surface area contributed by atoms with Crippen LogP contribution in [0.4, 0.5) is 11.4 Å². The molecule has 7 rings (SSSR count). The summed E-state index contributed by atoms with van der Waals surface area (Å²) in [6.45, 7) is 0. The van der Waals surface area contributed by atoms with E-state index in [4.69, 9.17) is 19.9 Å². The van der Waals surface area contributed by atoms with Gasteiger partial charge in [-0.25, -0.2) is 19.9 Å². The molecular formula is C34H20N6O4. The molecule has 0 fully saturated rings. The molecule has 0 radical (unpaired) electrons. The van der Waals surface area contributed by atoms with Crippen molar-refractivity contribution in [2.45, 2.75) is 0 Å². The van der Waals surface area contributed by atoms with Crippen LogP contribution in [0, 0.1) is 20.2 Å². The van der Waals surface area contributed by atoms with Crippen molar-refractivity contribution in [3.63, 3.8) is 0 Å². The molecule has 7 aromatic rings. The Bertz CT molecular complexity index is 2060. The van der Waals surface area contributed by atoms with E-state index in [1.165, 1.54) is 24.3 Å². The minimum absolute atomic E-state index is 0.000618. The molecule has 10 nitrogen and oxygen atoms in total. The molecule has 0 bridgehead atoms. The summed E-state index contributed by atoms with van der Waals surface area (Å²) < 4.78 is 0. The van der Waals surface area contributed by atoms with Crippen LogP contribution in [0.15, 0.2) is 121 Å². The first-order valence-corrected chi connectivity index (χ1v) is 13.6. The summed E-state index contributed by atoms with van der Waals surface area (Å²) in [5.74, 6) is 0.930. The Morgan fingerprint density at radius 2 is 0.750 bits per heavy atom. The van der Waals surface area contributed by atoms with Gasteiger partial charge in [0.1, 0.15) is 0 Å². The summed E-state index contributed by atoms with van der Waals surface area (Å²) in [6, 6.07) is 35.7. The predicted molar refractivity (Wildman–Crippen MR) is 168 cm³/mol. The average Bonchev–Trinajstić information content (AvgIpc) is 3.07. The van der Waals surface area contributed by atoms with Gasteiger partial charge in [-0.2, -0.15) is 0 Å². The molecule has 0 aliphatic carbocycles. The van der Waals surface area contributed by atoms with Crippen LogP contribution in [0.3, 0.4) is 0 Å². The highest BCUT2D eigenvalue weighted by Gasteiger charge is 2.16. The second kappa shape index (κ2) is 10.8. The molecule has 0 N–H and O–H groups in total. The summed E-state index contributed by atoms with van der Waals surface area (Å²) in [4.78, 5) is 40.6. The minimum atomic E-state index is -0.437. The van der Waals surface area contributed by atoms with Gasteiger partial charge in [0.05, 0.1) is 32.3 Å². The lowest BCUT2D eigenvalue weighted by molar-refractivity contribution is -0.385. The first kappa shape index (κ1) is 26.5. The van der Waals surface area contributed by atoms with Crippen LogP contribution in [0.1, 0.15) is 0 Å². The quantitative estimate of drug-likeness (QED) is 0.143. The zero-order valence-corrected chi connectivity index (χ0v) is 22.9. The zero-order chi connectivity index (χ0) is 30.2. The second-order valence-corrected chi connectivity index (χ2v) is 10.0. The number of hydrogen-bond acceptors (Lipinski definition) is 8. The van der Waals surface area contributed by atoms with Crippen molar-refractivity contribution in [3.8, 4) is 45.3 Å². The zero-order valence-electron chi connectivity index (χ0n) is 22.9. The topological polar surface area (TPSA) is 138 Å². The summed E-state index contributed by atoms with van der Waals surface area (Å²) in [5.41, 5.74) is 6.04. The van der Waals surface area contributed by atoms with Crippen LogP contribution in [0.2, 0.25) is 0 Å². The lowest BCUT2D eigenvalue weighted by atomic mass is 10.0. The summed E-state index contributed by atoms with van der Waals surface area (Å²) in [6.07, 6.45) is 0. The number of benzene rings is 5. The van der Waals surface area contributed by atoms with Gasteiger partial charge in [-0.1, -0.05) is 60.7 Å². The van der Waals surface area contributed by atoms with Gasteiger partial charge < -0.3 is 0 Å². The van der Waals surface area contributed by atoms with Crippen molar-refractivity contribution in [3.05, 3.63) is 142 Å². The van der Waals surface area contributed by atoms with Crippen LogP contribution >= 0.6 is 0 Å². The van der Waals surface area contributed by atoms with Crippen molar-refractivity contribution < 1.29 is 9.85 Å². The Hall–Kier alpha value is -6.42. The summed E-state index contributed by atoms with van der Waals surface area (Å²) in [5, 5.41) is 24.0. The van der Waals surface area contributed by atoms with Crippen molar-refractivity contribution in [2.75, 3.05) is 0 Å². The molecule has 0 spiro atoms. The maximum Gasteiger partial charge on any atom is 0.269 e. The van der Waals surface area contributed by atoms with Gasteiger partial charge in [0.15, 0.2) is 11.6 Å². The van der Waals surface area contributed by atoms with Gasteiger partial charge >= 0.3 is 0 Å². The third kappa shape index (κ3) is 4.86. The minimum Gasteiger partial charge on any atom is -0.258 e. The standard InChI is InChI=1S/C34H20N6O4/c41-39(42)25-17-13-23(14-18-25)33-35-29-7-3-1-5-27(29)31(37-33)21-9-11-22(12-10-21)32-28-6-2-4-8-30(28)36-34(38-32)24-15-19-26(20-16-24)40(43)44/h1-20H. The number of nitrogens with zero attached hydrogens (tertiary/aromatic N) is 6. The van der Waals surface area contributed by atoms with Gasteiger partial charge in [0.2, 0.25) is 0 Å². The van der Waals surface area contributed by atoms with E-state index in [9.17, 15) is 20.2 Å². The van der Waals surface area contributed by atoms with E-state index in [0.29, 0.717) is 22.8 Å². The van der Waals surface area contributed by atoms with Gasteiger partial charge in [-0.15, -0.1) is 0 Å². The Kier molecular flexibility index (Phi) is 6.48. The van der Waals surface area contributed by atoms with E-state index in [-0.39, 0.29) is 11.4 Å². The van der Waals surface area contributed by atoms with Crippen LogP contribution in [-0.2, 0) is 0 Å². The lowest BCUT2D eigenvalue weighted by Crippen LogP contribution is -1.97. The van der Waals surface area contributed by atoms with Gasteiger partial charge in [0, 0.05) is 57.3 Å². The van der Waals surface area contributed by atoms with Crippen molar-refractivity contribution in [1.82, 2.24) is 19.9 Å². The molecule has 2 aromatic heterocycles. The fraction of sp³-hybridized carbons (Fsp3) is 0. The highest BCUT2D eigenvalue weighted by atomic mass is 16.6. The van der Waals surface area contributed by atoms with Crippen molar-refractivity contribution in [1.29, 1.82) is 0 Å². The Morgan fingerprint density at radius 3 is 1.11 bits per heavy atom. The van der Waals surface area contributed by atoms with Crippen molar-refractivity contribution in [2.24, 2.45) is 0 Å². The number of aromatic nitrogens is 4. The second-order valence-electron chi connectivity index (χ2n) is 10.0. The molecule has 10 heteroatoms. The predicted octanol–water partition coefficient (Wildman–Crippen LogP) is 8.06. The van der Waals surface area contributed by atoms with Gasteiger partial charge in [-0.3, -0.25) is 20.2 Å². The molecule has 44 heavy (non-hydrogen) atoms. The van der Waals surface area contributed by atoms with Crippen LogP contribution < -0.4 is 0 Å². The number of hydrogen-bond donors (Lipinski definition) is 0. The number of para-hydroxylation sites is 2. The number of nitro benzene ring substituents is 2. The van der Waals surface area contributed by atoms with E-state index in [1.54, 1.807) is 24.3 Å². The molecule has 0 aliphatic rings. The first-order chi connectivity index (χ1) is 21.4. The molecule has 0 aliphatic heterocycles. The van der Waals surface area contributed by atoms with E-state index in [0.717, 1.165) is 44.3 Å². The molecule has 0 saturated carbocycles. The van der Waals surface area contributed by atoms with E-state index >= 15 is 0 Å². The average molecular weight is 577 g/mol. The fourth-order valence-electron chi connectivity index (χ4n) is 5.10. The number of nitro groups is 2. The van der Waals surface area contributed by atoms with Gasteiger partial charge in [0.25, 0.3) is 11.4 Å². The van der Waals surface area contributed by atoms with E-state index in [2.05, 4.69) is 0 Å². The fourth-order valence-corrected chi connectivity index (χ4v) is 5.10. The maximum absolute atomic E-state index is 11.1. The Balaban J connectivity index is 1.32. The van der Waals surface area contributed by atoms with E-state index < -0.39 is 9.85 Å². The highest BCUT2D eigenvalue weighted by Crippen LogP contribution is 2.33. The highest BCUT2D eigenvalue weighted by molar-refractivity contribution is 5.96. The molecule has 0 atom stereocenters. The molecule has 2 heterocycles. The third-order valence-electron chi connectivity index (χ3n) is 7.31. The maximum atomic E-state index is 11.1. The number of non-ortho nitro benzene ring substituents is 2. The molecular weight excluding hydrogens is 556 g/mol. The Labute approximate surface area is 249 Å². The molecule has 0 saturated heterocycles. The molecule has 210 valence electrons. The summed E-state index contributed by atoms with van der Waals surface area (Å²) in [7, 11) is 0. The van der Waals surface area contributed by atoms with Crippen LogP contribution in [0.5, 0.6) is 0 Å². The Morgan fingerprint density at radius 1 is 0.409 bits per heavy atom. The third-order valence-corrected chi connectivity index (χ3v) is 7.31. The normalized spacial score (nSPS) is 11.1. The van der Waals surface area contributed by atoms with E-state index in [1.807, 2.05) is 72.8 Å².